The van der Waals surface area contributed by atoms with Crippen molar-refractivity contribution in [1.29, 1.82) is 0 Å². The molecule has 3 N–H and O–H groups in total. The van der Waals surface area contributed by atoms with Crippen LogP contribution in [0.4, 0.5) is 5.82 Å². The van der Waals surface area contributed by atoms with E-state index in [2.05, 4.69) is 15.5 Å². The molecule has 0 bridgehead atoms. The smallest absolute Gasteiger partial charge is 0.266 e. The van der Waals surface area contributed by atoms with Crippen LogP contribution >= 0.6 is 0 Å². The summed E-state index contributed by atoms with van der Waals surface area (Å²) in [5.74, 6) is 0.704. The second-order valence-corrected chi connectivity index (χ2v) is 1.42. The van der Waals surface area contributed by atoms with Crippen molar-refractivity contribution in [2.45, 2.75) is 13.8 Å². The largest absolute Gasteiger partial charge is 0.373 e. The van der Waals surface area contributed by atoms with Gasteiger partial charge < -0.3 is 5.32 Å². The van der Waals surface area contributed by atoms with Crippen molar-refractivity contribution < 1.29 is 0 Å². The molecule has 0 aliphatic carbocycles. The summed E-state index contributed by atoms with van der Waals surface area (Å²) in [4.78, 5) is 10.3. The molecule has 1 heterocycles. The van der Waals surface area contributed by atoms with Crippen LogP contribution in [-0.4, -0.2) is 17.2 Å². The third-order valence-corrected chi connectivity index (χ3v) is 0.865. The van der Waals surface area contributed by atoms with Crippen molar-refractivity contribution in [2.75, 3.05) is 12.4 Å². The maximum atomic E-state index is 10.3. The number of hydrogen-bond acceptors (Lipinski definition) is 2. The Labute approximate surface area is 59.6 Å². The molecule has 0 saturated carbocycles. The van der Waals surface area contributed by atoms with Gasteiger partial charge in [0.1, 0.15) is 5.82 Å². The summed E-state index contributed by atoms with van der Waals surface area (Å²) in [6.45, 7) is 4.00. The molecule has 0 amide bonds. The molecule has 4 nitrogen and oxygen atoms in total. The first-order valence-corrected chi connectivity index (χ1v) is 3.28. The highest BCUT2D eigenvalue weighted by atomic mass is 16.1. The fourth-order valence-corrected chi connectivity index (χ4v) is 0.467. The van der Waals surface area contributed by atoms with Gasteiger partial charge in [-0.2, -0.15) is 0 Å². The van der Waals surface area contributed by atoms with Gasteiger partial charge in [-0.1, -0.05) is 13.8 Å². The van der Waals surface area contributed by atoms with Crippen LogP contribution in [-0.2, 0) is 0 Å². The summed E-state index contributed by atoms with van der Waals surface area (Å²) in [7, 11) is 1.74. The van der Waals surface area contributed by atoms with E-state index in [1.165, 1.54) is 6.07 Å². The predicted octanol–water partition coefficient (Wildman–Crippen LogP) is 0.771. The van der Waals surface area contributed by atoms with Crippen molar-refractivity contribution in [2.24, 2.45) is 0 Å². The molecular formula is C6H13N3O. The van der Waals surface area contributed by atoms with Gasteiger partial charge in [0.05, 0.1) is 0 Å². The summed E-state index contributed by atoms with van der Waals surface area (Å²) in [6.07, 6.45) is 0. The highest BCUT2D eigenvalue weighted by Crippen LogP contribution is 1.88. The van der Waals surface area contributed by atoms with E-state index in [0.29, 0.717) is 5.82 Å². The van der Waals surface area contributed by atoms with Gasteiger partial charge in [-0.3, -0.25) is 15.0 Å². The molecule has 0 aliphatic heterocycles. The highest BCUT2D eigenvalue weighted by Gasteiger charge is 1.86. The lowest BCUT2D eigenvalue weighted by Gasteiger charge is -1.86. The lowest BCUT2D eigenvalue weighted by Crippen LogP contribution is -1.93. The van der Waals surface area contributed by atoms with Crippen LogP contribution in [0.5, 0.6) is 0 Å². The predicted molar refractivity (Wildman–Crippen MR) is 42.3 cm³/mol. The van der Waals surface area contributed by atoms with E-state index in [0.717, 1.165) is 0 Å². The summed E-state index contributed by atoms with van der Waals surface area (Å²) in [5.41, 5.74) is -0.116. The Balaban J connectivity index is 0.000000371. The topological polar surface area (TPSA) is 60.7 Å². The fourth-order valence-electron chi connectivity index (χ4n) is 0.467. The second-order valence-electron chi connectivity index (χ2n) is 1.42. The van der Waals surface area contributed by atoms with Gasteiger partial charge in [-0.25, -0.2) is 0 Å². The van der Waals surface area contributed by atoms with Crippen molar-refractivity contribution in [3.8, 4) is 0 Å². The fraction of sp³-hybridized carbons (Fsp3) is 0.500. The van der Waals surface area contributed by atoms with Crippen LogP contribution in [0, 0.1) is 0 Å². The van der Waals surface area contributed by atoms with Gasteiger partial charge >= 0.3 is 0 Å². The Hall–Kier alpha value is -1.19. The Morgan fingerprint density at radius 2 is 2.00 bits per heavy atom. The zero-order chi connectivity index (χ0) is 7.98. The monoisotopic (exact) mass is 143 g/mol. The van der Waals surface area contributed by atoms with E-state index in [-0.39, 0.29) is 5.56 Å². The Morgan fingerprint density at radius 3 is 2.20 bits per heavy atom. The number of nitrogens with one attached hydrogen (secondary N) is 3. The van der Waals surface area contributed by atoms with Crippen LogP contribution < -0.4 is 10.9 Å². The standard InChI is InChI=1S/C4H7N3O.C2H6/c1-5-3-2-4(8)7-6-3;1-2/h2H,1H3,(H3,5,6,7,8);1-2H3. The van der Waals surface area contributed by atoms with Crippen LogP contribution in [0.25, 0.3) is 0 Å². The van der Waals surface area contributed by atoms with Crippen molar-refractivity contribution in [3.05, 3.63) is 16.4 Å². The van der Waals surface area contributed by atoms with Gasteiger partial charge in [-0.15, -0.1) is 0 Å². The number of rotatable bonds is 1. The number of hydrogen-bond donors (Lipinski definition) is 3. The first-order valence-electron chi connectivity index (χ1n) is 3.28. The van der Waals surface area contributed by atoms with Crippen LogP contribution in [0.15, 0.2) is 10.9 Å². The Kier molecular flexibility index (Phi) is 4.11. The third-order valence-electron chi connectivity index (χ3n) is 0.865. The zero-order valence-corrected chi connectivity index (χ0v) is 6.49. The summed E-state index contributed by atoms with van der Waals surface area (Å²) >= 11 is 0. The molecule has 0 atom stereocenters. The van der Waals surface area contributed by atoms with Crippen molar-refractivity contribution in [3.63, 3.8) is 0 Å². The van der Waals surface area contributed by atoms with Crippen LogP contribution in [0.2, 0.25) is 0 Å². The molecule has 1 rings (SSSR count). The minimum atomic E-state index is -0.116. The molecule has 0 radical (unpaired) electrons. The normalized spacial score (nSPS) is 7.90. The highest BCUT2D eigenvalue weighted by molar-refractivity contribution is 5.29. The van der Waals surface area contributed by atoms with Gasteiger partial charge in [0.15, 0.2) is 0 Å². The average Bonchev–Trinajstić information content (AvgIpc) is 2.40. The van der Waals surface area contributed by atoms with Crippen LogP contribution in [0.1, 0.15) is 13.8 Å². The Bertz CT molecular complexity index is 213. The van der Waals surface area contributed by atoms with E-state index in [1.807, 2.05) is 13.8 Å². The van der Waals surface area contributed by atoms with Crippen molar-refractivity contribution >= 4 is 5.82 Å². The first kappa shape index (κ1) is 8.81. The number of aromatic nitrogens is 2. The first-order chi connectivity index (χ1) is 4.83. The van der Waals surface area contributed by atoms with Gasteiger partial charge in [0.2, 0.25) is 0 Å². The minimum absolute atomic E-state index is 0.116. The van der Waals surface area contributed by atoms with Gasteiger partial charge in [0, 0.05) is 13.1 Å². The molecule has 0 spiro atoms. The number of aromatic amines is 2. The molecule has 1 aromatic rings. The molecule has 10 heavy (non-hydrogen) atoms. The van der Waals surface area contributed by atoms with Gasteiger partial charge in [-0.05, 0) is 0 Å². The molecule has 0 aliphatic rings. The number of H-pyrrole nitrogens is 2. The van der Waals surface area contributed by atoms with Crippen LogP contribution in [0.3, 0.4) is 0 Å². The van der Waals surface area contributed by atoms with Gasteiger partial charge in [0.25, 0.3) is 5.56 Å². The average molecular weight is 143 g/mol. The van der Waals surface area contributed by atoms with Crippen molar-refractivity contribution in [1.82, 2.24) is 10.2 Å². The summed E-state index contributed by atoms with van der Waals surface area (Å²) in [5, 5.41) is 7.74. The number of anilines is 1. The summed E-state index contributed by atoms with van der Waals surface area (Å²) in [6, 6.07) is 1.44. The molecule has 0 unspecified atom stereocenters. The maximum absolute atomic E-state index is 10.3. The lowest BCUT2D eigenvalue weighted by atomic mass is 10.6. The van der Waals surface area contributed by atoms with E-state index in [1.54, 1.807) is 7.05 Å². The second kappa shape index (κ2) is 4.67. The molecule has 4 heteroatoms. The lowest BCUT2D eigenvalue weighted by molar-refractivity contribution is 1.06. The van der Waals surface area contributed by atoms with E-state index in [9.17, 15) is 4.79 Å². The molecule has 0 saturated heterocycles. The quantitative estimate of drug-likeness (QED) is 0.543. The molecule has 58 valence electrons. The Morgan fingerprint density at radius 1 is 1.40 bits per heavy atom. The zero-order valence-electron chi connectivity index (χ0n) is 6.49. The summed E-state index contributed by atoms with van der Waals surface area (Å²) < 4.78 is 0. The molecular weight excluding hydrogens is 130 g/mol. The minimum Gasteiger partial charge on any atom is -0.373 e. The molecule has 0 aromatic carbocycles. The molecule has 0 fully saturated rings. The third kappa shape index (κ3) is 2.39. The SMILES string of the molecule is CC.CNc1cc(=O)[nH][nH]1. The maximum Gasteiger partial charge on any atom is 0.266 e. The molecule has 1 aromatic heterocycles. The van der Waals surface area contributed by atoms with E-state index < -0.39 is 0 Å². The van der Waals surface area contributed by atoms with E-state index in [4.69, 9.17) is 0 Å². The van der Waals surface area contributed by atoms with E-state index >= 15 is 0 Å².